The molecule has 2 heterocycles. The van der Waals surface area contributed by atoms with E-state index in [-0.39, 0.29) is 24.0 Å². The Balaban J connectivity index is 1.69. The predicted octanol–water partition coefficient (Wildman–Crippen LogP) is 2.12. The molecule has 2 fully saturated rings. The van der Waals surface area contributed by atoms with Crippen LogP contribution >= 0.6 is 11.3 Å². The molecule has 0 bridgehead atoms. The van der Waals surface area contributed by atoms with Crippen molar-refractivity contribution in [1.82, 2.24) is 5.32 Å². The summed E-state index contributed by atoms with van der Waals surface area (Å²) < 4.78 is 25.7. The number of nitrogens with zero attached hydrogens (tertiary/aromatic N) is 1. The zero-order valence-electron chi connectivity index (χ0n) is 14.9. The Morgan fingerprint density at radius 1 is 1.23 bits per heavy atom. The second kappa shape index (κ2) is 6.64. The molecule has 6 nitrogen and oxygen atoms in total. The van der Waals surface area contributed by atoms with Crippen LogP contribution in [0.5, 0.6) is 0 Å². The third-order valence-electron chi connectivity index (χ3n) is 5.32. The number of hydrogen-bond donors (Lipinski definition) is 1. The van der Waals surface area contributed by atoms with E-state index in [1.807, 2.05) is 0 Å². The second-order valence-corrected chi connectivity index (χ2v) is 10.7. The molecule has 142 valence electrons. The summed E-state index contributed by atoms with van der Waals surface area (Å²) in [5.41, 5.74) is 1.37. The van der Waals surface area contributed by atoms with Gasteiger partial charge in [-0.05, 0) is 44.4 Å². The van der Waals surface area contributed by atoms with Crippen molar-refractivity contribution in [2.24, 2.45) is 11.8 Å². The number of carbonyl (C=O) groups excluding carboxylic acids is 2. The van der Waals surface area contributed by atoms with E-state index < -0.39 is 10.0 Å². The summed E-state index contributed by atoms with van der Waals surface area (Å²) in [6, 6.07) is 0. The van der Waals surface area contributed by atoms with Crippen LogP contribution in [0.3, 0.4) is 0 Å². The lowest BCUT2D eigenvalue weighted by Gasteiger charge is -2.26. The Labute approximate surface area is 158 Å². The molecule has 26 heavy (non-hydrogen) atoms. The highest BCUT2D eigenvalue weighted by atomic mass is 32.2. The van der Waals surface area contributed by atoms with E-state index in [9.17, 15) is 18.0 Å². The van der Waals surface area contributed by atoms with Gasteiger partial charge in [-0.3, -0.25) is 13.9 Å². The standard InChI is InChI=1S/C18H24N2O4S2/c1-26(23,24)20-8-2-3-13-16(17(22)19-10-11-4-5-11)15(25-18(13)20)9-14(21)12-6-7-12/h11-12H,2-10H2,1H3,(H,19,22). The van der Waals surface area contributed by atoms with Crippen molar-refractivity contribution in [2.75, 3.05) is 23.7 Å². The fourth-order valence-corrected chi connectivity index (χ4v) is 6.18. The molecule has 4 rings (SSSR count). The lowest BCUT2D eigenvalue weighted by atomic mass is 9.99. The largest absolute Gasteiger partial charge is 0.352 e. The summed E-state index contributed by atoms with van der Waals surface area (Å²) >= 11 is 1.31. The van der Waals surface area contributed by atoms with Crippen LogP contribution in [0.1, 0.15) is 52.9 Å². The van der Waals surface area contributed by atoms with Gasteiger partial charge in [-0.25, -0.2) is 8.42 Å². The minimum atomic E-state index is -3.39. The maximum Gasteiger partial charge on any atom is 0.252 e. The number of carbonyl (C=O) groups is 2. The van der Waals surface area contributed by atoms with E-state index in [0.717, 1.165) is 36.1 Å². The molecule has 1 aliphatic heterocycles. The Bertz CT molecular complexity index is 851. The average molecular weight is 397 g/mol. The highest BCUT2D eigenvalue weighted by Crippen LogP contribution is 2.42. The molecule has 1 N–H and O–H groups in total. The predicted molar refractivity (Wildman–Crippen MR) is 101 cm³/mol. The van der Waals surface area contributed by atoms with Gasteiger partial charge in [0.2, 0.25) is 10.0 Å². The number of Topliss-reactive ketones (excluding diaryl/α,β-unsaturated/α-hetero) is 1. The summed E-state index contributed by atoms with van der Waals surface area (Å²) in [7, 11) is -3.39. The van der Waals surface area contributed by atoms with Crippen LogP contribution in [0.2, 0.25) is 0 Å². The summed E-state index contributed by atoms with van der Waals surface area (Å²) in [6.07, 6.45) is 6.98. The van der Waals surface area contributed by atoms with E-state index >= 15 is 0 Å². The van der Waals surface area contributed by atoms with E-state index in [1.165, 1.54) is 21.9 Å². The van der Waals surface area contributed by atoms with Crippen molar-refractivity contribution in [3.8, 4) is 0 Å². The fourth-order valence-electron chi connectivity index (χ4n) is 3.50. The van der Waals surface area contributed by atoms with Crippen LogP contribution in [0.25, 0.3) is 0 Å². The molecule has 3 aliphatic rings. The first-order valence-corrected chi connectivity index (χ1v) is 11.9. The number of anilines is 1. The highest BCUT2D eigenvalue weighted by molar-refractivity contribution is 7.92. The fraction of sp³-hybridized carbons (Fsp3) is 0.667. The van der Waals surface area contributed by atoms with Gasteiger partial charge < -0.3 is 5.32 Å². The Kier molecular flexibility index (Phi) is 4.59. The first kappa shape index (κ1) is 18.0. The number of ketones is 1. The van der Waals surface area contributed by atoms with Gasteiger partial charge in [0.25, 0.3) is 5.91 Å². The third-order valence-corrected chi connectivity index (χ3v) is 7.85. The van der Waals surface area contributed by atoms with Crippen LogP contribution in [0.15, 0.2) is 0 Å². The van der Waals surface area contributed by atoms with Gasteiger partial charge in [0, 0.05) is 35.9 Å². The highest BCUT2D eigenvalue weighted by Gasteiger charge is 2.36. The molecule has 1 aromatic rings. The normalized spacial score (nSPS) is 20.0. The maximum absolute atomic E-state index is 12.9. The van der Waals surface area contributed by atoms with Crippen molar-refractivity contribution in [3.63, 3.8) is 0 Å². The quantitative estimate of drug-likeness (QED) is 0.765. The van der Waals surface area contributed by atoms with E-state index in [4.69, 9.17) is 0 Å². The topological polar surface area (TPSA) is 83.6 Å². The number of fused-ring (bicyclic) bond motifs is 1. The van der Waals surface area contributed by atoms with E-state index in [1.54, 1.807) is 0 Å². The van der Waals surface area contributed by atoms with E-state index in [0.29, 0.717) is 42.4 Å². The van der Waals surface area contributed by atoms with Crippen molar-refractivity contribution in [1.29, 1.82) is 0 Å². The summed E-state index contributed by atoms with van der Waals surface area (Å²) in [4.78, 5) is 26.0. The third kappa shape index (κ3) is 3.67. The molecule has 0 saturated heterocycles. The SMILES string of the molecule is CS(=O)(=O)N1CCCc2c1sc(CC(=O)C1CC1)c2C(=O)NCC1CC1. The number of nitrogens with one attached hydrogen (secondary N) is 1. The van der Waals surface area contributed by atoms with Crippen molar-refractivity contribution in [3.05, 3.63) is 16.0 Å². The molecule has 0 atom stereocenters. The molecule has 2 saturated carbocycles. The zero-order valence-corrected chi connectivity index (χ0v) is 16.5. The molecule has 0 aromatic carbocycles. The number of rotatable bonds is 7. The van der Waals surface area contributed by atoms with Crippen molar-refractivity contribution in [2.45, 2.75) is 44.9 Å². The van der Waals surface area contributed by atoms with Gasteiger partial charge in [-0.2, -0.15) is 0 Å². The molecule has 2 aliphatic carbocycles. The molecular formula is C18H24N2O4S2. The molecule has 1 aromatic heterocycles. The molecular weight excluding hydrogens is 372 g/mol. The summed E-state index contributed by atoms with van der Waals surface area (Å²) in [5.74, 6) is 0.717. The van der Waals surface area contributed by atoms with Gasteiger partial charge in [-0.1, -0.05) is 0 Å². The molecule has 0 radical (unpaired) electrons. The number of amides is 1. The second-order valence-electron chi connectivity index (χ2n) is 7.69. The van der Waals surface area contributed by atoms with E-state index in [2.05, 4.69) is 5.32 Å². The van der Waals surface area contributed by atoms with Crippen LogP contribution < -0.4 is 9.62 Å². The van der Waals surface area contributed by atoms with Crippen LogP contribution in [0, 0.1) is 11.8 Å². The summed E-state index contributed by atoms with van der Waals surface area (Å²) in [6.45, 7) is 1.10. The average Bonchev–Trinajstić information content (AvgIpc) is 3.47. The zero-order chi connectivity index (χ0) is 18.5. The smallest absolute Gasteiger partial charge is 0.252 e. The Hall–Kier alpha value is -1.41. The Morgan fingerprint density at radius 2 is 1.96 bits per heavy atom. The molecule has 1 amide bonds. The molecule has 0 spiro atoms. The lowest BCUT2D eigenvalue weighted by molar-refractivity contribution is -0.119. The Morgan fingerprint density at radius 3 is 2.58 bits per heavy atom. The maximum atomic E-state index is 12.9. The van der Waals surface area contributed by atoms with Gasteiger partial charge in [0.05, 0.1) is 11.8 Å². The summed E-state index contributed by atoms with van der Waals surface area (Å²) in [5, 5.41) is 3.63. The van der Waals surface area contributed by atoms with Crippen molar-refractivity contribution >= 4 is 38.1 Å². The monoisotopic (exact) mass is 396 g/mol. The first-order chi connectivity index (χ1) is 12.3. The molecule has 0 unspecified atom stereocenters. The number of thiophene rings is 1. The van der Waals surface area contributed by atoms with Crippen LogP contribution in [0.4, 0.5) is 5.00 Å². The number of sulfonamides is 1. The lowest BCUT2D eigenvalue weighted by Crippen LogP contribution is -2.34. The van der Waals surface area contributed by atoms with Crippen molar-refractivity contribution < 1.29 is 18.0 Å². The first-order valence-electron chi connectivity index (χ1n) is 9.27. The van der Waals surface area contributed by atoms with Gasteiger partial charge in [0.15, 0.2) is 0 Å². The van der Waals surface area contributed by atoms with Crippen LogP contribution in [-0.4, -0.2) is 39.5 Å². The molecule has 8 heteroatoms. The van der Waals surface area contributed by atoms with Crippen LogP contribution in [-0.2, 0) is 27.7 Å². The van der Waals surface area contributed by atoms with Gasteiger partial charge in [-0.15, -0.1) is 11.3 Å². The number of hydrogen-bond acceptors (Lipinski definition) is 5. The van der Waals surface area contributed by atoms with Gasteiger partial charge in [0.1, 0.15) is 10.8 Å². The minimum Gasteiger partial charge on any atom is -0.352 e. The van der Waals surface area contributed by atoms with Gasteiger partial charge >= 0.3 is 0 Å². The minimum absolute atomic E-state index is 0.127.